The number of aliphatic imine (C=N–C) groups is 1. The molecule has 142 valence electrons. The van der Waals surface area contributed by atoms with Crippen LogP contribution in [0.2, 0.25) is 0 Å². The van der Waals surface area contributed by atoms with Gasteiger partial charge < -0.3 is 15.0 Å². The first-order chi connectivity index (χ1) is 12.2. The number of hydrogen-bond acceptors (Lipinski definition) is 4. The molecule has 1 saturated heterocycles. The van der Waals surface area contributed by atoms with Crippen molar-refractivity contribution in [3.8, 4) is 0 Å². The van der Waals surface area contributed by atoms with Crippen molar-refractivity contribution in [3.63, 3.8) is 0 Å². The van der Waals surface area contributed by atoms with Crippen molar-refractivity contribution in [2.45, 2.75) is 33.4 Å². The Morgan fingerprint density at radius 3 is 2.88 bits per heavy atom. The van der Waals surface area contributed by atoms with E-state index in [-0.39, 0.29) is 30.1 Å². The minimum atomic E-state index is 0. The lowest BCUT2D eigenvalue weighted by molar-refractivity contribution is -0.00833. The van der Waals surface area contributed by atoms with Crippen LogP contribution >= 0.6 is 35.3 Å². The number of nitrogens with one attached hydrogen (secondary N) is 1. The second-order valence-electron chi connectivity index (χ2n) is 6.19. The molecule has 0 spiro atoms. The summed E-state index contributed by atoms with van der Waals surface area (Å²) in [6, 6.07) is 8.45. The highest BCUT2D eigenvalue weighted by Crippen LogP contribution is 2.25. The minimum Gasteiger partial charge on any atom is -0.370 e. The Morgan fingerprint density at radius 1 is 1.38 bits per heavy atom. The smallest absolute Gasteiger partial charge is 0.194 e. The van der Waals surface area contributed by atoms with Gasteiger partial charge in [0.25, 0.3) is 0 Å². The van der Waals surface area contributed by atoms with E-state index in [0.29, 0.717) is 13.2 Å². The van der Waals surface area contributed by atoms with Crippen molar-refractivity contribution in [1.82, 2.24) is 15.2 Å². The summed E-state index contributed by atoms with van der Waals surface area (Å²) in [5.74, 6) is 0.956. The van der Waals surface area contributed by atoms with E-state index in [1.807, 2.05) is 12.4 Å². The summed E-state index contributed by atoms with van der Waals surface area (Å²) >= 11 is 1.67. The quantitative estimate of drug-likeness (QED) is 0.405. The van der Waals surface area contributed by atoms with E-state index in [9.17, 15) is 0 Å². The van der Waals surface area contributed by atoms with Gasteiger partial charge in [-0.1, -0.05) is 24.3 Å². The maximum atomic E-state index is 6.04. The second-order valence-corrected chi connectivity index (χ2v) is 7.13. The van der Waals surface area contributed by atoms with Crippen LogP contribution in [0.15, 0.2) is 34.8 Å². The van der Waals surface area contributed by atoms with Gasteiger partial charge in [0.1, 0.15) is 6.10 Å². The molecular weight excluding hydrogens is 459 g/mol. The van der Waals surface area contributed by atoms with E-state index in [2.05, 4.69) is 53.3 Å². The normalized spacial score (nSPS) is 17.7. The Kier molecular flexibility index (Phi) is 8.30. The van der Waals surface area contributed by atoms with Crippen molar-refractivity contribution < 1.29 is 4.74 Å². The average Bonchev–Trinajstić information content (AvgIpc) is 3.04. The van der Waals surface area contributed by atoms with Crippen LogP contribution in [0.4, 0.5) is 0 Å². The molecule has 2 heterocycles. The van der Waals surface area contributed by atoms with E-state index >= 15 is 0 Å². The molecule has 0 saturated carbocycles. The third-order valence-corrected chi connectivity index (χ3v) is 5.37. The zero-order chi connectivity index (χ0) is 17.6. The Bertz CT molecular complexity index is 734. The van der Waals surface area contributed by atoms with E-state index in [1.54, 1.807) is 11.3 Å². The number of benzene rings is 1. The lowest BCUT2D eigenvalue weighted by Crippen LogP contribution is -2.48. The van der Waals surface area contributed by atoms with Crippen LogP contribution in [0.25, 0.3) is 0 Å². The maximum absolute atomic E-state index is 6.04. The third-order valence-electron chi connectivity index (χ3n) is 4.45. The minimum absolute atomic E-state index is 0. The molecule has 26 heavy (non-hydrogen) atoms. The first-order valence-electron chi connectivity index (χ1n) is 8.78. The first kappa shape index (κ1) is 21.1. The van der Waals surface area contributed by atoms with Crippen molar-refractivity contribution in [2.75, 3.05) is 26.2 Å². The third kappa shape index (κ3) is 5.17. The molecule has 1 aliphatic rings. The summed E-state index contributed by atoms with van der Waals surface area (Å²) < 4.78 is 6.04. The Labute approximate surface area is 176 Å². The van der Waals surface area contributed by atoms with Gasteiger partial charge in [0.15, 0.2) is 5.96 Å². The highest BCUT2D eigenvalue weighted by Gasteiger charge is 2.25. The molecule has 1 fully saturated rings. The van der Waals surface area contributed by atoms with Crippen LogP contribution < -0.4 is 5.32 Å². The van der Waals surface area contributed by atoms with Gasteiger partial charge in [-0.2, -0.15) is 0 Å². The predicted octanol–water partition coefficient (Wildman–Crippen LogP) is 3.92. The second kappa shape index (κ2) is 10.2. The van der Waals surface area contributed by atoms with Gasteiger partial charge in [-0.25, -0.2) is 9.98 Å². The fraction of sp³-hybridized carbons (Fsp3) is 0.474. The summed E-state index contributed by atoms with van der Waals surface area (Å²) in [5.41, 5.74) is 5.50. The van der Waals surface area contributed by atoms with Crippen LogP contribution in [0.3, 0.4) is 0 Å². The first-order valence-corrected chi connectivity index (χ1v) is 9.66. The predicted molar refractivity (Wildman–Crippen MR) is 119 cm³/mol. The number of nitrogens with zero attached hydrogens (tertiary/aromatic N) is 3. The number of guanidine groups is 1. The number of thiazole rings is 1. The molecule has 2 aromatic rings. The molecule has 7 heteroatoms. The van der Waals surface area contributed by atoms with E-state index in [0.717, 1.165) is 31.3 Å². The fourth-order valence-corrected chi connectivity index (χ4v) is 3.73. The molecule has 3 rings (SSSR count). The van der Waals surface area contributed by atoms with E-state index in [1.165, 1.54) is 16.0 Å². The highest BCUT2D eigenvalue weighted by atomic mass is 127. The molecule has 1 aromatic carbocycles. The number of rotatable bonds is 4. The Morgan fingerprint density at radius 2 is 2.19 bits per heavy atom. The molecule has 0 aliphatic carbocycles. The number of morpholine rings is 1. The Balaban J connectivity index is 0.00000243. The summed E-state index contributed by atoms with van der Waals surface area (Å²) in [4.78, 5) is 12.7. The average molecular weight is 486 g/mol. The number of halogens is 1. The SMILES string of the molecule is CCNC(=NCc1scnc1C)N1CCOC(c2ccccc2C)C1.I. The molecule has 1 N–H and O–H groups in total. The summed E-state index contributed by atoms with van der Waals surface area (Å²) in [6.45, 7) is 10.2. The number of aryl methyl sites for hydroxylation is 2. The van der Waals surface area contributed by atoms with Crippen LogP contribution in [0, 0.1) is 13.8 Å². The Hall–Kier alpha value is -1.19. The summed E-state index contributed by atoms with van der Waals surface area (Å²) in [5, 5.41) is 3.43. The van der Waals surface area contributed by atoms with Gasteiger partial charge in [-0.3, -0.25) is 0 Å². The largest absolute Gasteiger partial charge is 0.370 e. The van der Waals surface area contributed by atoms with Gasteiger partial charge >= 0.3 is 0 Å². The monoisotopic (exact) mass is 486 g/mol. The maximum Gasteiger partial charge on any atom is 0.194 e. The van der Waals surface area contributed by atoms with Crippen molar-refractivity contribution in [3.05, 3.63) is 51.5 Å². The number of aromatic nitrogens is 1. The summed E-state index contributed by atoms with van der Waals surface area (Å²) in [7, 11) is 0. The molecule has 1 aliphatic heterocycles. The van der Waals surface area contributed by atoms with Crippen LogP contribution in [-0.2, 0) is 11.3 Å². The van der Waals surface area contributed by atoms with E-state index < -0.39 is 0 Å². The molecule has 1 aromatic heterocycles. The summed E-state index contributed by atoms with van der Waals surface area (Å²) in [6.07, 6.45) is 0.0870. The van der Waals surface area contributed by atoms with Crippen LogP contribution in [0.1, 0.15) is 34.7 Å². The standard InChI is InChI=1S/C19H26N4OS.HI/c1-4-20-19(21-11-18-15(3)22-13-25-18)23-9-10-24-17(12-23)16-8-6-5-7-14(16)2;/h5-8,13,17H,4,9-12H2,1-3H3,(H,20,21);1H. The van der Waals surface area contributed by atoms with Gasteiger partial charge in [-0.15, -0.1) is 35.3 Å². The van der Waals surface area contributed by atoms with E-state index in [4.69, 9.17) is 9.73 Å². The molecular formula is C19H27IN4OS. The van der Waals surface area contributed by atoms with Gasteiger partial charge in [0.05, 0.1) is 30.9 Å². The fourth-order valence-electron chi connectivity index (χ4n) is 3.03. The highest BCUT2D eigenvalue weighted by molar-refractivity contribution is 14.0. The van der Waals surface area contributed by atoms with Crippen molar-refractivity contribution in [1.29, 1.82) is 0 Å². The molecule has 0 radical (unpaired) electrons. The van der Waals surface area contributed by atoms with Crippen molar-refractivity contribution in [2.24, 2.45) is 4.99 Å². The molecule has 1 atom stereocenters. The molecule has 0 amide bonds. The topological polar surface area (TPSA) is 49.8 Å². The van der Waals surface area contributed by atoms with Gasteiger partial charge in [0, 0.05) is 18.0 Å². The number of ether oxygens (including phenoxy) is 1. The van der Waals surface area contributed by atoms with Crippen LogP contribution in [-0.4, -0.2) is 42.1 Å². The van der Waals surface area contributed by atoms with Gasteiger partial charge in [0.2, 0.25) is 0 Å². The number of hydrogen-bond donors (Lipinski definition) is 1. The van der Waals surface area contributed by atoms with Gasteiger partial charge in [-0.05, 0) is 31.9 Å². The molecule has 0 bridgehead atoms. The molecule has 1 unspecified atom stereocenters. The van der Waals surface area contributed by atoms with Crippen LogP contribution in [0.5, 0.6) is 0 Å². The van der Waals surface area contributed by atoms with Crippen molar-refractivity contribution >= 4 is 41.3 Å². The zero-order valence-corrected chi connectivity index (χ0v) is 18.7. The lowest BCUT2D eigenvalue weighted by atomic mass is 10.0. The molecule has 5 nitrogen and oxygen atoms in total. The zero-order valence-electron chi connectivity index (χ0n) is 15.6. The lowest BCUT2D eigenvalue weighted by Gasteiger charge is -2.35.